The average Bonchev–Trinajstić information content (AvgIpc) is 3.33. The van der Waals surface area contributed by atoms with E-state index in [1.165, 1.54) is 5.56 Å². The molecule has 0 radical (unpaired) electrons. The first kappa shape index (κ1) is 18.6. The Morgan fingerprint density at radius 1 is 1.03 bits per heavy atom. The van der Waals surface area contributed by atoms with E-state index in [0.29, 0.717) is 6.54 Å². The van der Waals surface area contributed by atoms with Crippen LogP contribution in [0.4, 0.5) is 11.6 Å². The number of fused-ring (bicyclic) bond motifs is 1. The summed E-state index contributed by atoms with van der Waals surface area (Å²) in [6, 6.07) is 8.35. The highest BCUT2D eigenvalue weighted by Gasteiger charge is 2.16. The van der Waals surface area contributed by atoms with Crippen molar-refractivity contribution in [2.45, 2.75) is 0 Å². The van der Waals surface area contributed by atoms with Crippen molar-refractivity contribution in [3.05, 3.63) is 66.5 Å². The SMILES string of the molecule is CN1CCN(c2ncc(N/C=C3\CN=Cc4ccc(-c5ccoc5)cc43)cn2)CC1. The average molecular weight is 400 g/mol. The number of hydrogen-bond acceptors (Lipinski definition) is 7. The minimum absolute atomic E-state index is 0.634. The molecule has 0 aliphatic carbocycles. The Bertz CT molecular complexity index is 1060. The fourth-order valence-electron chi connectivity index (χ4n) is 3.74. The highest BCUT2D eigenvalue weighted by molar-refractivity contribution is 5.94. The van der Waals surface area contributed by atoms with Crippen molar-refractivity contribution in [1.29, 1.82) is 0 Å². The Hall–Kier alpha value is -3.45. The maximum Gasteiger partial charge on any atom is 0.225 e. The number of piperazine rings is 1. The first-order chi connectivity index (χ1) is 14.8. The summed E-state index contributed by atoms with van der Waals surface area (Å²) < 4.78 is 5.23. The molecule has 1 fully saturated rings. The topological polar surface area (TPSA) is 69.8 Å². The molecule has 0 bridgehead atoms. The van der Waals surface area contributed by atoms with Crippen molar-refractivity contribution < 1.29 is 4.42 Å². The van der Waals surface area contributed by atoms with Crippen LogP contribution in [0, 0.1) is 0 Å². The third kappa shape index (κ3) is 3.84. The van der Waals surface area contributed by atoms with E-state index in [2.05, 4.69) is 55.3 Å². The molecular formula is C23H24N6O. The monoisotopic (exact) mass is 400 g/mol. The summed E-state index contributed by atoms with van der Waals surface area (Å²) in [6.07, 6.45) is 11.1. The van der Waals surface area contributed by atoms with Crippen LogP contribution in [0.3, 0.4) is 0 Å². The van der Waals surface area contributed by atoms with Crippen LogP contribution in [0.5, 0.6) is 0 Å². The number of benzene rings is 1. The molecule has 2 aromatic heterocycles. The molecule has 4 heterocycles. The van der Waals surface area contributed by atoms with E-state index in [0.717, 1.165) is 60.1 Å². The van der Waals surface area contributed by atoms with Crippen molar-refractivity contribution in [2.75, 3.05) is 50.0 Å². The summed E-state index contributed by atoms with van der Waals surface area (Å²) in [5.74, 6) is 0.790. The van der Waals surface area contributed by atoms with E-state index in [1.807, 2.05) is 30.9 Å². The lowest BCUT2D eigenvalue weighted by molar-refractivity contribution is 0.311. The minimum atomic E-state index is 0.634. The van der Waals surface area contributed by atoms with Gasteiger partial charge in [-0.15, -0.1) is 0 Å². The second kappa shape index (κ2) is 8.12. The van der Waals surface area contributed by atoms with Crippen LogP contribution in [-0.4, -0.2) is 60.9 Å². The molecule has 30 heavy (non-hydrogen) atoms. The van der Waals surface area contributed by atoms with Crippen LogP contribution in [0.1, 0.15) is 11.1 Å². The molecule has 0 unspecified atom stereocenters. The minimum Gasteiger partial charge on any atom is -0.472 e. The number of furan rings is 1. The van der Waals surface area contributed by atoms with Gasteiger partial charge in [0.15, 0.2) is 0 Å². The number of nitrogens with one attached hydrogen (secondary N) is 1. The number of nitrogens with zero attached hydrogens (tertiary/aromatic N) is 5. The van der Waals surface area contributed by atoms with Crippen LogP contribution in [-0.2, 0) is 0 Å². The zero-order chi connectivity index (χ0) is 20.3. The van der Waals surface area contributed by atoms with Crippen LogP contribution in [0.25, 0.3) is 16.7 Å². The van der Waals surface area contributed by atoms with Crippen molar-refractivity contribution in [1.82, 2.24) is 14.9 Å². The molecule has 7 heteroatoms. The second-order valence-corrected chi connectivity index (χ2v) is 7.66. The standard InChI is InChI=1S/C23H24N6O/c1-28-5-7-29(8-6-28)23-26-14-21(15-27-23)25-13-20-12-24-11-18-3-2-17(10-22(18)20)19-4-9-30-16-19/h2-4,9-11,13-16,25H,5-8,12H2,1H3/b20-13+. The molecule has 2 aliphatic rings. The third-order valence-corrected chi connectivity index (χ3v) is 5.58. The van der Waals surface area contributed by atoms with Gasteiger partial charge in [0.25, 0.3) is 0 Å². The van der Waals surface area contributed by atoms with Gasteiger partial charge in [-0.3, -0.25) is 4.99 Å². The number of aromatic nitrogens is 2. The Morgan fingerprint density at radius 3 is 2.63 bits per heavy atom. The van der Waals surface area contributed by atoms with Crippen LogP contribution in [0.15, 0.2) is 64.8 Å². The van der Waals surface area contributed by atoms with E-state index in [1.54, 1.807) is 12.5 Å². The van der Waals surface area contributed by atoms with Crippen molar-refractivity contribution in [3.63, 3.8) is 0 Å². The molecule has 5 rings (SSSR count). The van der Waals surface area contributed by atoms with E-state index in [9.17, 15) is 0 Å². The molecule has 0 saturated carbocycles. The van der Waals surface area contributed by atoms with Crippen LogP contribution in [0.2, 0.25) is 0 Å². The molecule has 1 aromatic carbocycles. The van der Waals surface area contributed by atoms with E-state index in [4.69, 9.17) is 4.42 Å². The molecule has 1 N–H and O–H groups in total. The lowest BCUT2D eigenvalue weighted by Gasteiger charge is -2.32. The lowest BCUT2D eigenvalue weighted by atomic mass is 9.94. The quantitative estimate of drug-likeness (QED) is 0.724. The first-order valence-corrected chi connectivity index (χ1v) is 10.1. The maximum atomic E-state index is 5.23. The van der Waals surface area contributed by atoms with E-state index < -0.39 is 0 Å². The summed E-state index contributed by atoms with van der Waals surface area (Å²) in [5.41, 5.74) is 6.47. The number of likely N-dealkylation sites (N-methyl/N-ethyl adjacent to an activating group) is 1. The normalized spacial score (nSPS) is 17.9. The van der Waals surface area contributed by atoms with Gasteiger partial charge in [-0.2, -0.15) is 0 Å². The van der Waals surface area contributed by atoms with Gasteiger partial charge in [0.05, 0.1) is 37.2 Å². The molecule has 0 spiro atoms. The van der Waals surface area contributed by atoms with Crippen molar-refractivity contribution in [2.24, 2.45) is 4.99 Å². The molecule has 1 saturated heterocycles. The number of rotatable bonds is 4. The number of anilines is 2. The Balaban J connectivity index is 1.33. The van der Waals surface area contributed by atoms with Crippen LogP contribution < -0.4 is 10.2 Å². The van der Waals surface area contributed by atoms with E-state index >= 15 is 0 Å². The molecule has 7 nitrogen and oxygen atoms in total. The third-order valence-electron chi connectivity index (χ3n) is 5.58. The van der Waals surface area contributed by atoms with Crippen LogP contribution >= 0.6 is 0 Å². The van der Waals surface area contributed by atoms with Crippen molar-refractivity contribution >= 4 is 23.4 Å². The summed E-state index contributed by atoms with van der Waals surface area (Å²) in [4.78, 5) is 18.1. The summed E-state index contributed by atoms with van der Waals surface area (Å²) in [7, 11) is 2.14. The van der Waals surface area contributed by atoms with Gasteiger partial charge in [-0.05, 0) is 41.4 Å². The molecule has 152 valence electrons. The van der Waals surface area contributed by atoms with Gasteiger partial charge in [-0.25, -0.2) is 9.97 Å². The van der Waals surface area contributed by atoms with Crippen molar-refractivity contribution in [3.8, 4) is 11.1 Å². The molecule has 3 aromatic rings. The van der Waals surface area contributed by atoms with Gasteiger partial charge in [-0.1, -0.05) is 12.1 Å². The molecule has 2 aliphatic heterocycles. The molecule has 0 amide bonds. The van der Waals surface area contributed by atoms with E-state index in [-0.39, 0.29) is 0 Å². The molecular weight excluding hydrogens is 376 g/mol. The van der Waals surface area contributed by atoms with Gasteiger partial charge in [0.1, 0.15) is 0 Å². The molecule has 0 atom stereocenters. The smallest absolute Gasteiger partial charge is 0.225 e. The first-order valence-electron chi connectivity index (χ1n) is 10.1. The Kier molecular flexibility index (Phi) is 5.03. The zero-order valence-electron chi connectivity index (χ0n) is 17.0. The predicted octanol–water partition coefficient (Wildman–Crippen LogP) is 3.37. The Morgan fingerprint density at radius 2 is 1.87 bits per heavy atom. The highest BCUT2D eigenvalue weighted by atomic mass is 16.3. The number of aliphatic imine (C=N–C) groups is 1. The van der Waals surface area contributed by atoms with Gasteiger partial charge < -0.3 is 19.5 Å². The fraction of sp³-hybridized carbons (Fsp3) is 0.261. The van der Waals surface area contributed by atoms with Gasteiger partial charge in [0, 0.05) is 44.2 Å². The fourth-order valence-corrected chi connectivity index (χ4v) is 3.74. The summed E-state index contributed by atoms with van der Waals surface area (Å²) in [5, 5.41) is 3.34. The zero-order valence-corrected chi connectivity index (χ0v) is 17.0. The largest absolute Gasteiger partial charge is 0.472 e. The highest BCUT2D eigenvalue weighted by Crippen LogP contribution is 2.29. The summed E-state index contributed by atoms with van der Waals surface area (Å²) >= 11 is 0. The maximum absolute atomic E-state index is 5.23. The lowest BCUT2D eigenvalue weighted by Crippen LogP contribution is -2.45. The second-order valence-electron chi connectivity index (χ2n) is 7.66. The number of hydrogen-bond donors (Lipinski definition) is 1. The Labute approximate surface area is 175 Å². The predicted molar refractivity (Wildman–Crippen MR) is 120 cm³/mol. The summed E-state index contributed by atoms with van der Waals surface area (Å²) in [6.45, 7) is 4.63. The van der Waals surface area contributed by atoms with Gasteiger partial charge >= 0.3 is 0 Å². The van der Waals surface area contributed by atoms with Gasteiger partial charge in [0.2, 0.25) is 5.95 Å².